The van der Waals surface area contributed by atoms with Gasteiger partial charge in [0.1, 0.15) is 16.3 Å². The summed E-state index contributed by atoms with van der Waals surface area (Å²) in [4.78, 5) is 49.5. The molecule has 4 heterocycles. The summed E-state index contributed by atoms with van der Waals surface area (Å²) in [6, 6.07) is 5.05. The molecule has 4 aromatic rings. The third-order valence-electron chi connectivity index (χ3n) is 4.11. The highest BCUT2D eigenvalue weighted by atomic mass is 32.1. The van der Waals surface area contributed by atoms with Gasteiger partial charge >= 0.3 is 11.9 Å². The molecule has 0 bridgehead atoms. The molecule has 10 nitrogen and oxygen atoms in total. The van der Waals surface area contributed by atoms with E-state index >= 15 is 0 Å². The lowest BCUT2D eigenvalue weighted by atomic mass is 10.1. The van der Waals surface area contributed by atoms with E-state index in [-0.39, 0.29) is 22.9 Å². The first-order valence-electron chi connectivity index (χ1n) is 9.59. The van der Waals surface area contributed by atoms with Crippen molar-refractivity contribution in [3.8, 4) is 22.2 Å². The molecule has 168 valence electrons. The number of aromatic nitrogens is 3. The fraction of sp³-hybridized carbons (Fsp3) is 0.143. The largest absolute Gasteiger partial charge is 0.464 e. The first-order valence-corrected chi connectivity index (χ1v) is 11.3. The molecule has 4 aromatic heterocycles. The third-order valence-corrected chi connectivity index (χ3v) is 5.85. The van der Waals surface area contributed by atoms with E-state index in [9.17, 15) is 14.4 Å². The maximum absolute atomic E-state index is 12.5. The van der Waals surface area contributed by atoms with Crippen molar-refractivity contribution in [3.63, 3.8) is 0 Å². The Kier molecular flexibility index (Phi) is 6.86. The minimum Gasteiger partial charge on any atom is -0.464 e. The number of nitrogens with one attached hydrogen (secondary N) is 1. The molecule has 0 unspecified atom stereocenters. The summed E-state index contributed by atoms with van der Waals surface area (Å²) in [5, 5.41) is 6.48. The van der Waals surface area contributed by atoms with Gasteiger partial charge in [0.25, 0.3) is 5.91 Å². The minimum absolute atomic E-state index is 0.0405. The Labute approximate surface area is 195 Å². The first-order chi connectivity index (χ1) is 16.1. The van der Waals surface area contributed by atoms with Crippen molar-refractivity contribution in [2.45, 2.75) is 6.92 Å². The van der Waals surface area contributed by atoms with Crippen LogP contribution in [0.1, 0.15) is 27.8 Å². The molecule has 0 aromatic carbocycles. The van der Waals surface area contributed by atoms with Crippen LogP contribution in [0.15, 0.2) is 52.0 Å². The highest BCUT2D eigenvalue weighted by Gasteiger charge is 2.24. The number of rotatable bonds is 8. The van der Waals surface area contributed by atoms with E-state index in [2.05, 4.69) is 20.3 Å². The predicted octanol–water partition coefficient (Wildman–Crippen LogP) is 3.89. The van der Waals surface area contributed by atoms with Crippen LogP contribution in [-0.2, 0) is 14.3 Å². The first kappa shape index (κ1) is 22.3. The molecule has 0 saturated heterocycles. The average Bonchev–Trinajstić information content (AvgIpc) is 3.59. The lowest BCUT2D eigenvalue weighted by molar-refractivity contribution is -0.119. The molecule has 12 heteroatoms. The number of thiazole rings is 1. The quantitative estimate of drug-likeness (QED) is 0.370. The smallest absolute Gasteiger partial charge is 0.358 e. The lowest BCUT2D eigenvalue weighted by Crippen LogP contribution is -2.22. The summed E-state index contributed by atoms with van der Waals surface area (Å²) in [5.74, 6) is -1.14. The van der Waals surface area contributed by atoms with Gasteiger partial charge in [-0.05, 0) is 25.1 Å². The van der Waals surface area contributed by atoms with Crippen LogP contribution in [0.25, 0.3) is 22.2 Å². The monoisotopic (exact) mass is 484 g/mol. The number of hydrogen-bond donors (Lipinski definition) is 1. The standard InChI is InChI=1S/C21H16N4O6S2/c1-2-29-21(28)16-12(14-5-3-8-30-14)10-32-18(16)25-15(26)9-31-20(27)13-11-33-19(24-13)17-22-6-4-7-23-17/h3-8,10-11H,2,9H2,1H3,(H,25,26). The summed E-state index contributed by atoms with van der Waals surface area (Å²) in [5.41, 5.74) is 0.705. The van der Waals surface area contributed by atoms with E-state index in [4.69, 9.17) is 13.9 Å². The second-order valence-corrected chi connectivity index (χ2v) is 8.02. The number of anilines is 1. The Morgan fingerprint density at radius 3 is 2.61 bits per heavy atom. The van der Waals surface area contributed by atoms with Gasteiger partial charge in [-0.15, -0.1) is 22.7 Å². The molecule has 0 aliphatic carbocycles. The van der Waals surface area contributed by atoms with E-state index in [1.807, 2.05) is 0 Å². The van der Waals surface area contributed by atoms with E-state index in [0.717, 1.165) is 11.3 Å². The van der Waals surface area contributed by atoms with E-state index in [1.165, 1.54) is 23.0 Å². The molecule has 1 N–H and O–H groups in total. The number of ether oxygens (including phenoxy) is 2. The Balaban J connectivity index is 1.41. The minimum atomic E-state index is -0.767. The van der Waals surface area contributed by atoms with Crippen LogP contribution in [0.3, 0.4) is 0 Å². The van der Waals surface area contributed by atoms with Gasteiger partial charge in [-0.1, -0.05) is 0 Å². The summed E-state index contributed by atoms with van der Waals surface area (Å²) in [6.07, 6.45) is 4.62. The summed E-state index contributed by atoms with van der Waals surface area (Å²) >= 11 is 2.31. The van der Waals surface area contributed by atoms with Crippen molar-refractivity contribution >= 4 is 45.5 Å². The number of esters is 2. The van der Waals surface area contributed by atoms with Crippen molar-refractivity contribution < 1.29 is 28.3 Å². The Hall–Kier alpha value is -3.90. The van der Waals surface area contributed by atoms with E-state index in [0.29, 0.717) is 22.2 Å². The average molecular weight is 485 g/mol. The van der Waals surface area contributed by atoms with Crippen molar-refractivity contribution in [3.05, 3.63) is 58.9 Å². The van der Waals surface area contributed by atoms with Crippen molar-refractivity contribution in [2.75, 3.05) is 18.5 Å². The summed E-state index contributed by atoms with van der Waals surface area (Å²) in [7, 11) is 0. The highest BCUT2D eigenvalue weighted by Crippen LogP contribution is 2.36. The maximum Gasteiger partial charge on any atom is 0.358 e. The Morgan fingerprint density at radius 1 is 1.06 bits per heavy atom. The van der Waals surface area contributed by atoms with Gasteiger partial charge in [0.2, 0.25) is 0 Å². The molecule has 0 saturated carbocycles. The van der Waals surface area contributed by atoms with Gasteiger partial charge in [0, 0.05) is 28.7 Å². The Morgan fingerprint density at radius 2 is 1.88 bits per heavy atom. The normalized spacial score (nSPS) is 10.6. The molecule has 0 aliphatic rings. The number of carbonyl (C=O) groups is 3. The van der Waals surface area contributed by atoms with Gasteiger partial charge < -0.3 is 19.2 Å². The van der Waals surface area contributed by atoms with Crippen molar-refractivity contribution in [1.82, 2.24) is 15.0 Å². The molecule has 33 heavy (non-hydrogen) atoms. The maximum atomic E-state index is 12.5. The van der Waals surface area contributed by atoms with Crippen LogP contribution in [0.4, 0.5) is 5.00 Å². The molecular formula is C21H16N4O6S2. The molecule has 4 rings (SSSR count). The summed E-state index contributed by atoms with van der Waals surface area (Å²) in [6.45, 7) is 1.28. The van der Waals surface area contributed by atoms with Gasteiger partial charge in [0.15, 0.2) is 23.1 Å². The van der Waals surface area contributed by atoms with E-state index < -0.39 is 24.5 Å². The molecule has 0 spiro atoms. The number of nitrogens with zero attached hydrogens (tertiary/aromatic N) is 3. The zero-order chi connectivity index (χ0) is 23.2. The topological polar surface area (TPSA) is 134 Å². The Bertz CT molecular complexity index is 1270. The van der Waals surface area contributed by atoms with Crippen LogP contribution in [-0.4, -0.2) is 46.0 Å². The fourth-order valence-electron chi connectivity index (χ4n) is 2.72. The number of thiophene rings is 1. The van der Waals surface area contributed by atoms with Gasteiger partial charge in [-0.3, -0.25) is 4.79 Å². The highest BCUT2D eigenvalue weighted by molar-refractivity contribution is 7.15. The van der Waals surface area contributed by atoms with E-state index in [1.54, 1.807) is 42.9 Å². The number of carbonyl (C=O) groups excluding carboxylic acids is 3. The van der Waals surface area contributed by atoms with Crippen molar-refractivity contribution in [2.24, 2.45) is 0 Å². The molecular weight excluding hydrogens is 468 g/mol. The van der Waals surface area contributed by atoms with Crippen LogP contribution in [0.5, 0.6) is 0 Å². The number of hydrogen-bond acceptors (Lipinski definition) is 11. The van der Waals surface area contributed by atoms with Gasteiger partial charge in [0.05, 0.1) is 12.9 Å². The van der Waals surface area contributed by atoms with Crippen molar-refractivity contribution in [1.29, 1.82) is 0 Å². The number of furan rings is 1. The molecule has 0 atom stereocenters. The van der Waals surface area contributed by atoms with Gasteiger partial charge in [-0.25, -0.2) is 24.5 Å². The zero-order valence-electron chi connectivity index (χ0n) is 17.1. The second kappa shape index (κ2) is 10.1. The van der Waals surface area contributed by atoms with Crippen LogP contribution >= 0.6 is 22.7 Å². The lowest BCUT2D eigenvalue weighted by Gasteiger charge is -2.08. The summed E-state index contributed by atoms with van der Waals surface area (Å²) < 4.78 is 15.5. The number of amides is 1. The van der Waals surface area contributed by atoms with Crippen LogP contribution < -0.4 is 5.32 Å². The second-order valence-electron chi connectivity index (χ2n) is 6.29. The van der Waals surface area contributed by atoms with Crippen LogP contribution in [0, 0.1) is 0 Å². The molecule has 0 aliphatic heterocycles. The SMILES string of the molecule is CCOC(=O)c1c(-c2ccco2)csc1NC(=O)COC(=O)c1csc(-c2ncccn2)n1. The van der Waals surface area contributed by atoms with Gasteiger partial charge in [-0.2, -0.15) is 0 Å². The third kappa shape index (κ3) is 5.13. The predicted molar refractivity (Wildman–Crippen MR) is 120 cm³/mol. The zero-order valence-corrected chi connectivity index (χ0v) is 18.8. The molecule has 0 fully saturated rings. The fourth-order valence-corrected chi connectivity index (χ4v) is 4.40. The molecule has 1 amide bonds. The molecule has 0 radical (unpaired) electrons. The van der Waals surface area contributed by atoms with Crippen LogP contribution in [0.2, 0.25) is 0 Å².